The van der Waals surface area contributed by atoms with Crippen LogP contribution >= 0.6 is 0 Å². The normalized spacial score (nSPS) is 10.9. The van der Waals surface area contributed by atoms with Crippen LogP contribution in [0.25, 0.3) is 16.7 Å². The summed E-state index contributed by atoms with van der Waals surface area (Å²) >= 11 is 0. The maximum atomic E-state index is 12.7. The third-order valence-electron chi connectivity index (χ3n) is 4.21. The summed E-state index contributed by atoms with van der Waals surface area (Å²) in [6.45, 7) is 1.71. The van der Waals surface area contributed by atoms with Gasteiger partial charge in [0.25, 0.3) is 11.6 Å². The number of carboxylic acids is 1. The average Bonchev–Trinajstić information content (AvgIpc) is 3.07. The van der Waals surface area contributed by atoms with Gasteiger partial charge in [0.1, 0.15) is 5.75 Å². The highest BCUT2D eigenvalue weighted by Crippen LogP contribution is 2.23. The zero-order valence-electron chi connectivity index (χ0n) is 14.3. The summed E-state index contributed by atoms with van der Waals surface area (Å²) in [7, 11) is 0. The van der Waals surface area contributed by atoms with Gasteiger partial charge in [0, 0.05) is 11.9 Å². The smallest absolute Gasteiger partial charge is 0.336 e. The van der Waals surface area contributed by atoms with Crippen molar-refractivity contribution in [3.05, 3.63) is 82.3 Å². The summed E-state index contributed by atoms with van der Waals surface area (Å²) in [6.07, 6.45) is 1.66. The van der Waals surface area contributed by atoms with Gasteiger partial charge < -0.3 is 14.8 Å². The lowest BCUT2D eigenvalue weighted by Crippen LogP contribution is -2.17. The summed E-state index contributed by atoms with van der Waals surface area (Å²) in [4.78, 5) is 31.2. The molecule has 0 amide bonds. The van der Waals surface area contributed by atoms with E-state index in [1.54, 1.807) is 31.3 Å². The van der Waals surface area contributed by atoms with Gasteiger partial charge in [-0.15, -0.1) is 0 Å². The second-order valence-electron chi connectivity index (χ2n) is 6.01. The number of aromatic carboxylic acids is 1. The molecule has 4 rings (SSSR count). The third kappa shape index (κ3) is 3.06. The molecule has 27 heavy (non-hydrogen) atoms. The number of aryl methyl sites for hydroxylation is 1. The molecule has 7 heteroatoms. The zero-order chi connectivity index (χ0) is 19.0. The highest BCUT2D eigenvalue weighted by molar-refractivity contribution is 5.89. The van der Waals surface area contributed by atoms with Crippen molar-refractivity contribution in [2.45, 2.75) is 6.92 Å². The molecule has 7 nitrogen and oxygen atoms in total. The number of hydrogen-bond acceptors (Lipinski definition) is 4. The van der Waals surface area contributed by atoms with Crippen molar-refractivity contribution in [1.29, 1.82) is 0 Å². The SMILES string of the molecule is Cc1ccc(Oc2nc3c(=O)n(-c4ccccc4)ccc3[nH]2)cc1C(=O)O. The predicted octanol–water partition coefficient (Wildman–Crippen LogP) is 3.51. The molecule has 0 unspecified atom stereocenters. The third-order valence-corrected chi connectivity index (χ3v) is 4.21. The number of hydrogen-bond donors (Lipinski definition) is 2. The number of benzene rings is 2. The Labute approximate surface area is 153 Å². The molecule has 0 aliphatic heterocycles. The number of H-pyrrole nitrogens is 1. The maximum absolute atomic E-state index is 12.7. The van der Waals surface area contributed by atoms with Crippen LogP contribution in [-0.4, -0.2) is 25.6 Å². The van der Waals surface area contributed by atoms with Gasteiger partial charge in [0.05, 0.1) is 11.1 Å². The van der Waals surface area contributed by atoms with E-state index in [1.807, 2.05) is 30.3 Å². The highest BCUT2D eigenvalue weighted by Gasteiger charge is 2.13. The molecule has 0 aliphatic rings. The van der Waals surface area contributed by atoms with E-state index in [2.05, 4.69) is 9.97 Å². The van der Waals surface area contributed by atoms with Crippen molar-refractivity contribution in [2.24, 2.45) is 0 Å². The van der Waals surface area contributed by atoms with E-state index >= 15 is 0 Å². The summed E-state index contributed by atoms with van der Waals surface area (Å²) < 4.78 is 7.13. The Hall–Kier alpha value is -3.87. The Balaban J connectivity index is 1.73. The number of nitrogens with one attached hydrogen (secondary N) is 1. The lowest BCUT2D eigenvalue weighted by molar-refractivity contribution is 0.0695. The molecule has 134 valence electrons. The minimum absolute atomic E-state index is 0.119. The van der Waals surface area contributed by atoms with E-state index in [0.29, 0.717) is 16.8 Å². The standard InChI is InChI=1S/C20H15N3O4/c1-12-7-8-14(11-15(12)19(25)26)27-20-21-16-9-10-23(18(24)17(16)22-20)13-5-3-2-4-6-13/h2-11H,1H3,(H,21,22)(H,25,26). The van der Waals surface area contributed by atoms with Crippen LogP contribution in [0.2, 0.25) is 0 Å². The van der Waals surface area contributed by atoms with Crippen LogP contribution in [0.3, 0.4) is 0 Å². The fourth-order valence-corrected chi connectivity index (χ4v) is 2.83. The summed E-state index contributed by atoms with van der Waals surface area (Å²) in [5.74, 6) is -0.714. The summed E-state index contributed by atoms with van der Waals surface area (Å²) in [5.41, 5.74) is 2.01. The van der Waals surface area contributed by atoms with Crippen LogP contribution in [0, 0.1) is 6.92 Å². The van der Waals surface area contributed by atoms with Crippen molar-refractivity contribution in [3.63, 3.8) is 0 Å². The molecule has 0 fully saturated rings. The van der Waals surface area contributed by atoms with Gasteiger partial charge in [-0.1, -0.05) is 24.3 Å². The van der Waals surface area contributed by atoms with Crippen LogP contribution in [0.4, 0.5) is 0 Å². The second kappa shape index (κ2) is 6.45. The number of carboxylic acid groups (broad SMARTS) is 1. The lowest BCUT2D eigenvalue weighted by atomic mass is 10.1. The Morgan fingerprint density at radius 3 is 2.67 bits per heavy atom. The quantitative estimate of drug-likeness (QED) is 0.580. The first kappa shape index (κ1) is 16.6. The van der Waals surface area contributed by atoms with Crippen LogP contribution in [0.1, 0.15) is 15.9 Å². The number of aromatic nitrogens is 3. The number of rotatable bonds is 4. The van der Waals surface area contributed by atoms with E-state index in [1.165, 1.54) is 10.6 Å². The van der Waals surface area contributed by atoms with E-state index in [4.69, 9.17) is 4.74 Å². The van der Waals surface area contributed by atoms with E-state index in [0.717, 1.165) is 5.69 Å². The van der Waals surface area contributed by atoms with Crippen molar-refractivity contribution in [2.75, 3.05) is 0 Å². The fourth-order valence-electron chi connectivity index (χ4n) is 2.83. The molecule has 0 radical (unpaired) electrons. The number of aromatic amines is 1. The molecule has 2 heterocycles. The van der Waals surface area contributed by atoms with Crippen molar-refractivity contribution >= 4 is 17.0 Å². The zero-order valence-corrected chi connectivity index (χ0v) is 14.3. The van der Waals surface area contributed by atoms with Gasteiger partial charge in [0.15, 0.2) is 5.52 Å². The molecule has 0 atom stereocenters. The van der Waals surface area contributed by atoms with Crippen LogP contribution in [0.5, 0.6) is 11.8 Å². The molecule has 0 saturated carbocycles. The van der Waals surface area contributed by atoms with Crippen molar-refractivity contribution in [1.82, 2.24) is 14.5 Å². The molecule has 0 bridgehead atoms. The summed E-state index contributed by atoms with van der Waals surface area (Å²) in [5, 5.41) is 9.22. The Bertz CT molecular complexity index is 1210. The fraction of sp³-hybridized carbons (Fsp3) is 0.0500. The van der Waals surface area contributed by atoms with Crippen LogP contribution in [0.15, 0.2) is 65.6 Å². The minimum Gasteiger partial charge on any atom is -0.478 e. The molecule has 2 N–H and O–H groups in total. The van der Waals surface area contributed by atoms with Gasteiger partial charge in [-0.05, 0) is 42.8 Å². The first-order chi connectivity index (χ1) is 13.0. The molecular weight excluding hydrogens is 346 g/mol. The number of nitrogens with zero attached hydrogens (tertiary/aromatic N) is 2. The maximum Gasteiger partial charge on any atom is 0.336 e. The Morgan fingerprint density at radius 2 is 1.93 bits per heavy atom. The number of ether oxygens (including phenoxy) is 1. The lowest BCUT2D eigenvalue weighted by Gasteiger charge is -2.05. The molecule has 2 aromatic carbocycles. The van der Waals surface area contributed by atoms with E-state index in [9.17, 15) is 14.7 Å². The topological polar surface area (TPSA) is 97.2 Å². The van der Waals surface area contributed by atoms with Crippen molar-refractivity contribution < 1.29 is 14.6 Å². The minimum atomic E-state index is -1.03. The first-order valence-corrected chi connectivity index (χ1v) is 8.21. The van der Waals surface area contributed by atoms with Gasteiger partial charge in [-0.25, -0.2) is 4.79 Å². The monoisotopic (exact) mass is 361 g/mol. The average molecular weight is 361 g/mol. The van der Waals surface area contributed by atoms with Crippen LogP contribution < -0.4 is 10.3 Å². The molecule has 0 saturated heterocycles. The van der Waals surface area contributed by atoms with Crippen LogP contribution in [-0.2, 0) is 0 Å². The second-order valence-corrected chi connectivity index (χ2v) is 6.01. The Kier molecular flexibility index (Phi) is 3.97. The molecule has 4 aromatic rings. The molecule has 2 aromatic heterocycles. The van der Waals surface area contributed by atoms with Gasteiger partial charge in [-0.2, -0.15) is 4.98 Å². The number of imidazole rings is 1. The Morgan fingerprint density at radius 1 is 1.15 bits per heavy atom. The number of pyridine rings is 1. The number of fused-ring (bicyclic) bond motifs is 1. The molecule has 0 spiro atoms. The first-order valence-electron chi connectivity index (χ1n) is 8.21. The summed E-state index contributed by atoms with van der Waals surface area (Å²) in [6, 6.07) is 15.8. The largest absolute Gasteiger partial charge is 0.478 e. The highest BCUT2D eigenvalue weighted by atomic mass is 16.5. The molecule has 0 aliphatic carbocycles. The van der Waals surface area contributed by atoms with Gasteiger partial charge in [0.2, 0.25) is 0 Å². The molecular formula is C20H15N3O4. The number of carbonyl (C=O) groups is 1. The van der Waals surface area contributed by atoms with Crippen molar-refractivity contribution in [3.8, 4) is 17.4 Å². The predicted molar refractivity (Wildman–Crippen MR) is 99.9 cm³/mol. The van der Waals surface area contributed by atoms with Gasteiger partial charge in [-0.3, -0.25) is 9.36 Å². The van der Waals surface area contributed by atoms with E-state index < -0.39 is 5.97 Å². The van der Waals surface area contributed by atoms with E-state index in [-0.39, 0.29) is 22.6 Å². The van der Waals surface area contributed by atoms with Gasteiger partial charge >= 0.3 is 5.97 Å². The number of para-hydroxylation sites is 1.